The zero-order chi connectivity index (χ0) is 18.7. The van der Waals surface area contributed by atoms with E-state index in [-0.39, 0.29) is 5.91 Å². The van der Waals surface area contributed by atoms with Crippen molar-refractivity contribution in [2.45, 2.75) is 33.1 Å². The Balaban J connectivity index is 1.72. The summed E-state index contributed by atoms with van der Waals surface area (Å²) in [5, 5.41) is 4.25. The Morgan fingerprint density at radius 3 is 2.73 bits per heavy atom. The Morgan fingerprint density at radius 2 is 2.00 bits per heavy atom. The molecule has 0 radical (unpaired) electrons. The van der Waals surface area contributed by atoms with Crippen molar-refractivity contribution >= 4 is 23.0 Å². The molecule has 2 aromatic rings. The number of carbonyl (C=O) groups is 1. The lowest BCUT2D eigenvalue weighted by molar-refractivity contribution is 0.0959. The summed E-state index contributed by atoms with van der Waals surface area (Å²) in [6.45, 7) is 4.11. The fraction of sp³-hybridized carbons (Fsp3) is 0.400. The molecule has 0 bridgehead atoms. The molecule has 0 saturated heterocycles. The summed E-state index contributed by atoms with van der Waals surface area (Å²) in [6.07, 6.45) is 3.33. The first-order chi connectivity index (χ1) is 12.5. The zero-order valence-corrected chi connectivity index (χ0v) is 16.4. The van der Waals surface area contributed by atoms with Crippen molar-refractivity contribution < 1.29 is 14.3 Å². The van der Waals surface area contributed by atoms with Gasteiger partial charge in [-0.1, -0.05) is 6.92 Å². The summed E-state index contributed by atoms with van der Waals surface area (Å²) in [6, 6.07) is 7.57. The molecule has 1 heterocycles. The van der Waals surface area contributed by atoms with E-state index in [0.717, 1.165) is 23.3 Å². The Bertz CT molecular complexity index is 842. The first kappa shape index (κ1) is 18.5. The second-order valence-electron chi connectivity index (χ2n) is 6.61. The van der Waals surface area contributed by atoms with Crippen LogP contribution in [0.1, 0.15) is 45.9 Å². The lowest BCUT2D eigenvalue weighted by atomic mass is 9.90. The predicted octanol–water partition coefficient (Wildman–Crippen LogP) is 4.04. The molecule has 138 valence electrons. The van der Waals surface area contributed by atoms with Crippen molar-refractivity contribution in [3.05, 3.63) is 45.1 Å². The monoisotopic (exact) mass is 372 g/mol. The number of ether oxygens (including phenoxy) is 2. The molecule has 5 nitrogen and oxygen atoms in total. The number of methoxy groups -OCH3 is 2. The van der Waals surface area contributed by atoms with Gasteiger partial charge in [-0.3, -0.25) is 4.79 Å². The van der Waals surface area contributed by atoms with E-state index in [1.807, 2.05) is 31.2 Å². The Hall–Kier alpha value is -2.34. The third-order valence-electron chi connectivity index (χ3n) is 4.68. The summed E-state index contributed by atoms with van der Waals surface area (Å²) >= 11 is 1.59. The third-order valence-corrected chi connectivity index (χ3v) is 5.92. The summed E-state index contributed by atoms with van der Waals surface area (Å²) < 4.78 is 10.6. The third kappa shape index (κ3) is 3.90. The van der Waals surface area contributed by atoms with Crippen LogP contribution in [0, 0.1) is 5.92 Å². The summed E-state index contributed by atoms with van der Waals surface area (Å²) in [5.74, 6) is 1.83. The lowest BCUT2D eigenvalue weighted by Gasteiger charge is -2.16. The number of fused-ring (bicyclic) bond motifs is 1. The van der Waals surface area contributed by atoms with E-state index in [1.165, 1.54) is 16.9 Å². The van der Waals surface area contributed by atoms with E-state index in [4.69, 9.17) is 9.47 Å². The van der Waals surface area contributed by atoms with E-state index in [2.05, 4.69) is 17.5 Å². The topological polar surface area (TPSA) is 59.9 Å². The van der Waals surface area contributed by atoms with Crippen LogP contribution < -0.4 is 14.9 Å². The highest BCUT2D eigenvalue weighted by molar-refractivity contribution is 7.14. The number of hydrazone groups is 1. The Kier molecular flexibility index (Phi) is 5.61. The van der Waals surface area contributed by atoms with Gasteiger partial charge in [0.2, 0.25) is 0 Å². The van der Waals surface area contributed by atoms with Crippen molar-refractivity contribution in [1.82, 2.24) is 5.43 Å². The van der Waals surface area contributed by atoms with E-state index >= 15 is 0 Å². The molecule has 0 aliphatic heterocycles. The van der Waals surface area contributed by atoms with E-state index < -0.39 is 0 Å². The van der Waals surface area contributed by atoms with E-state index in [0.29, 0.717) is 23.1 Å². The van der Waals surface area contributed by atoms with Gasteiger partial charge in [0.05, 0.1) is 24.8 Å². The predicted molar refractivity (Wildman–Crippen MR) is 105 cm³/mol. The number of carbonyl (C=O) groups excluding carboxylic acids is 1. The molecule has 1 unspecified atom stereocenters. The zero-order valence-electron chi connectivity index (χ0n) is 15.6. The molecule has 0 spiro atoms. The standard InChI is InChI=1S/C20H24N2O3S/c1-12-5-8-18-15(9-12)11-19(26-18)20(23)22-21-13(2)14-6-7-16(24-3)17(10-14)25-4/h6-7,10-12H,5,8-9H2,1-4H3,(H,22,23). The average molecular weight is 372 g/mol. The maximum Gasteiger partial charge on any atom is 0.281 e. The van der Waals surface area contributed by atoms with Crippen LogP contribution in [0.3, 0.4) is 0 Å². The molecule has 1 aliphatic rings. The number of aryl methyl sites for hydroxylation is 1. The molecular formula is C20H24N2O3S. The highest BCUT2D eigenvalue weighted by Gasteiger charge is 2.20. The van der Waals surface area contributed by atoms with Crippen LogP contribution in [0.5, 0.6) is 11.5 Å². The Labute approximate surface area is 158 Å². The van der Waals surface area contributed by atoms with Gasteiger partial charge in [0.15, 0.2) is 11.5 Å². The van der Waals surface area contributed by atoms with Gasteiger partial charge < -0.3 is 9.47 Å². The van der Waals surface area contributed by atoms with Gasteiger partial charge in [-0.15, -0.1) is 11.3 Å². The number of nitrogens with zero attached hydrogens (tertiary/aromatic N) is 1. The van der Waals surface area contributed by atoms with E-state index in [1.54, 1.807) is 25.6 Å². The fourth-order valence-electron chi connectivity index (χ4n) is 3.13. The van der Waals surface area contributed by atoms with Crippen LogP contribution >= 0.6 is 11.3 Å². The highest BCUT2D eigenvalue weighted by atomic mass is 32.1. The van der Waals surface area contributed by atoms with Crippen molar-refractivity contribution in [3.63, 3.8) is 0 Å². The normalized spacial score (nSPS) is 16.8. The second-order valence-corrected chi connectivity index (χ2v) is 7.75. The minimum Gasteiger partial charge on any atom is -0.493 e. The largest absolute Gasteiger partial charge is 0.493 e. The van der Waals surface area contributed by atoms with Crippen LogP contribution in [-0.4, -0.2) is 25.8 Å². The smallest absolute Gasteiger partial charge is 0.281 e. The van der Waals surface area contributed by atoms with Crippen molar-refractivity contribution in [3.8, 4) is 11.5 Å². The van der Waals surface area contributed by atoms with Gasteiger partial charge in [-0.25, -0.2) is 5.43 Å². The molecule has 3 rings (SSSR count). The molecule has 0 fully saturated rings. The molecule has 0 saturated carbocycles. The minimum atomic E-state index is -0.156. The van der Waals surface area contributed by atoms with Gasteiger partial charge >= 0.3 is 0 Å². The molecule has 1 aromatic heterocycles. The van der Waals surface area contributed by atoms with Gasteiger partial charge in [0.1, 0.15) is 0 Å². The Morgan fingerprint density at radius 1 is 1.23 bits per heavy atom. The maximum absolute atomic E-state index is 12.5. The average Bonchev–Trinajstić information content (AvgIpc) is 3.08. The molecule has 26 heavy (non-hydrogen) atoms. The number of benzene rings is 1. The first-order valence-corrected chi connectivity index (χ1v) is 9.52. The molecule has 1 atom stereocenters. The van der Waals surface area contributed by atoms with Crippen LogP contribution in [0.25, 0.3) is 0 Å². The number of rotatable bonds is 5. The summed E-state index contributed by atoms with van der Waals surface area (Å²) in [7, 11) is 3.19. The van der Waals surface area contributed by atoms with Crippen LogP contribution in [0.15, 0.2) is 29.4 Å². The highest BCUT2D eigenvalue weighted by Crippen LogP contribution is 2.32. The molecule has 1 aromatic carbocycles. The van der Waals surface area contributed by atoms with Gasteiger partial charge in [-0.2, -0.15) is 5.10 Å². The summed E-state index contributed by atoms with van der Waals surface area (Å²) in [4.78, 5) is 14.5. The molecular weight excluding hydrogens is 348 g/mol. The number of hydrogen-bond donors (Lipinski definition) is 1. The second kappa shape index (κ2) is 7.91. The van der Waals surface area contributed by atoms with Gasteiger partial charge in [0.25, 0.3) is 5.91 Å². The number of nitrogens with one attached hydrogen (secondary N) is 1. The number of amides is 1. The van der Waals surface area contributed by atoms with Crippen LogP contribution in [0.2, 0.25) is 0 Å². The van der Waals surface area contributed by atoms with Crippen molar-refractivity contribution in [2.24, 2.45) is 11.0 Å². The lowest BCUT2D eigenvalue weighted by Crippen LogP contribution is -2.18. The summed E-state index contributed by atoms with van der Waals surface area (Å²) in [5.41, 5.74) is 5.56. The SMILES string of the molecule is COc1ccc(C(C)=NNC(=O)c2cc3c(s2)CCC(C)C3)cc1OC. The van der Waals surface area contributed by atoms with Gasteiger partial charge in [0, 0.05) is 10.4 Å². The van der Waals surface area contributed by atoms with E-state index in [9.17, 15) is 4.79 Å². The van der Waals surface area contributed by atoms with Crippen molar-refractivity contribution in [1.29, 1.82) is 0 Å². The van der Waals surface area contributed by atoms with Crippen molar-refractivity contribution in [2.75, 3.05) is 14.2 Å². The quantitative estimate of drug-likeness (QED) is 0.636. The number of hydrogen-bond acceptors (Lipinski definition) is 5. The fourth-order valence-corrected chi connectivity index (χ4v) is 4.23. The molecule has 1 amide bonds. The molecule has 1 N–H and O–H groups in total. The van der Waals surface area contributed by atoms with Gasteiger partial charge in [-0.05, 0) is 61.9 Å². The molecule has 6 heteroatoms. The minimum absolute atomic E-state index is 0.156. The van der Waals surface area contributed by atoms with Crippen LogP contribution in [-0.2, 0) is 12.8 Å². The van der Waals surface area contributed by atoms with Crippen LogP contribution in [0.4, 0.5) is 0 Å². The first-order valence-electron chi connectivity index (χ1n) is 8.70. The maximum atomic E-state index is 12.5. The number of thiophene rings is 1. The molecule has 1 aliphatic carbocycles.